The van der Waals surface area contributed by atoms with Crippen LogP contribution in [-0.2, 0) is 0 Å². The molecule has 0 aromatic carbocycles. The Morgan fingerprint density at radius 1 is 1.91 bits per heavy atom. The number of hydrogen-bond donors (Lipinski definition) is 1. The van der Waals surface area contributed by atoms with Crippen molar-refractivity contribution in [1.82, 2.24) is 9.07 Å². The molecule has 1 aromatic heterocycles. The van der Waals surface area contributed by atoms with E-state index in [0.29, 0.717) is 11.5 Å². The van der Waals surface area contributed by atoms with E-state index in [4.69, 9.17) is 16.9 Å². The summed E-state index contributed by atoms with van der Waals surface area (Å²) in [6.45, 7) is 5.15. The zero-order chi connectivity index (χ0) is 8.43. The number of hydrogen-bond acceptors (Lipinski definition) is 2. The number of aliphatic hydroxyl groups excluding tert-OH is 1. The third-order valence-corrected chi connectivity index (χ3v) is 1.59. The molecule has 1 rings (SSSR count). The summed E-state index contributed by atoms with van der Waals surface area (Å²) < 4.78 is 1.30. The molecule has 0 spiro atoms. The number of nitrogens with zero attached hydrogens (tertiary/aromatic N) is 2. The minimum absolute atomic E-state index is 0.544. The largest absolute Gasteiger partial charge is 0.387 e. The summed E-state index contributed by atoms with van der Waals surface area (Å²) in [5, 5.41) is 9.09. The second kappa shape index (κ2) is 3.07. The van der Waals surface area contributed by atoms with Gasteiger partial charge in [0.15, 0.2) is 0 Å². The molecule has 1 unspecified atom stereocenters. The molecule has 1 N–H and O–H groups in total. The van der Waals surface area contributed by atoms with Gasteiger partial charge in [0.05, 0.1) is 11.8 Å². The number of rotatable bonds is 2. The highest BCUT2D eigenvalue weighted by Crippen LogP contribution is 2.13. The van der Waals surface area contributed by atoms with E-state index in [1.165, 1.54) is 10.2 Å². The minimum Gasteiger partial charge on any atom is -0.387 e. The molecule has 1 aromatic rings. The minimum atomic E-state index is -0.589. The topological polar surface area (TPSA) is 38.1 Å². The Balaban J connectivity index is 3.04. The predicted octanol–water partition coefficient (Wildman–Crippen LogP) is 1.58. The van der Waals surface area contributed by atoms with Crippen LogP contribution in [0.4, 0.5) is 0 Å². The van der Waals surface area contributed by atoms with Crippen LogP contribution in [0, 0.1) is 0 Å². The van der Waals surface area contributed by atoms with Crippen LogP contribution in [0.2, 0.25) is 0 Å². The van der Waals surface area contributed by atoms with Crippen molar-refractivity contribution in [2.75, 3.05) is 0 Å². The third kappa shape index (κ3) is 1.61. The normalized spacial score (nSPS) is 13.0. The van der Waals surface area contributed by atoms with Crippen molar-refractivity contribution in [2.24, 2.45) is 0 Å². The lowest BCUT2D eigenvalue weighted by molar-refractivity contribution is 0.195. The molecule has 1 heterocycles. The lowest BCUT2D eigenvalue weighted by Gasteiger charge is -1.94. The first-order chi connectivity index (χ1) is 5.15. The molecular formula is C7H9ClN2O. The van der Waals surface area contributed by atoms with E-state index in [-0.39, 0.29) is 0 Å². The van der Waals surface area contributed by atoms with E-state index in [9.17, 15) is 0 Å². The molecule has 11 heavy (non-hydrogen) atoms. The SMILES string of the molecule is C=Cc1nc(C(C)O)cn1Cl. The van der Waals surface area contributed by atoms with E-state index >= 15 is 0 Å². The van der Waals surface area contributed by atoms with Crippen LogP contribution in [0.1, 0.15) is 24.5 Å². The summed E-state index contributed by atoms with van der Waals surface area (Å²) in [5.41, 5.74) is 0.551. The molecule has 0 aliphatic rings. The Kier molecular flexibility index (Phi) is 2.31. The van der Waals surface area contributed by atoms with Gasteiger partial charge >= 0.3 is 0 Å². The fourth-order valence-electron chi connectivity index (χ4n) is 0.725. The van der Waals surface area contributed by atoms with Crippen LogP contribution < -0.4 is 0 Å². The zero-order valence-electron chi connectivity index (χ0n) is 6.16. The zero-order valence-corrected chi connectivity index (χ0v) is 6.91. The Labute approximate surface area is 70.0 Å². The third-order valence-electron chi connectivity index (χ3n) is 1.32. The predicted molar refractivity (Wildman–Crippen MR) is 44.2 cm³/mol. The van der Waals surface area contributed by atoms with Crippen molar-refractivity contribution < 1.29 is 5.11 Å². The van der Waals surface area contributed by atoms with Crippen molar-refractivity contribution in [3.63, 3.8) is 0 Å². The van der Waals surface area contributed by atoms with Gasteiger partial charge in [-0.15, -0.1) is 0 Å². The van der Waals surface area contributed by atoms with Gasteiger partial charge < -0.3 is 5.11 Å². The summed E-state index contributed by atoms with van der Waals surface area (Å²) in [6, 6.07) is 0. The molecule has 0 radical (unpaired) electrons. The summed E-state index contributed by atoms with van der Waals surface area (Å²) in [4.78, 5) is 3.99. The monoisotopic (exact) mass is 172 g/mol. The van der Waals surface area contributed by atoms with E-state index in [2.05, 4.69) is 11.6 Å². The molecule has 60 valence electrons. The molecule has 0 amide bonds. The maximum absolute atomic E-state index is 9.09. The quantitative estimate of drug-likeness (QED) is 0.736. The van der Waals surface area contributed by atoms with Crippen molar-refractivity contribution in [3.05, 3.63) is 24.3 Å². The summed E-state index contributed by atoms with van der Waals surface area (Å²) in [5.74, 6) is 0.544. The van der Waals surface area contributed by atoms with Gasteiger partial charge in [0.2, 0.25) is 0 Å². The van der Waals surface area contributed by atoms with Crippen molar-refractivity contribution >= 4 is 17.9 Å². The molecule has 0 aliphatic heterocycles. The van der Waals surface area contributed by atoms with Crippen LogP contribution in [0.25, 0.3) is 6.08 Å². The summed E-state index contributed by atoms with van der Waals surface area (Å²) in [6.07, 6.45) is 2.50. The Hall–Kier alpha value is -0.800. The number of imidazole rings is 1. The van der Waals surface area contributed by atoms with Crippen LogP contribution in [0.3, 0.4) is 0 Å². The van der Waals surface area contributed by atoms with E-state index < -0.39 is 6.10 Å². The first-order valence-corrected chi connectivity index (χ1v) is 3.55. The molecule has 3 nitrogen and oxygen atoms in total. The summed E-state index contributed by atoms with van der Waals surface area (Å²) in [7, 11) is 0. The number of aromatic nitrogens is 2. The maximum Gasteiger partial charge on any atom is 0.147 e. The standard InChI is InChI=1S/C7H9ClN2O/c1-3-7-9-6(5(2)11)4-10(7)8/h3-5,11H,1H2,2H3. The maximum atomic E-state index is 9.09. The van der Waals surface area contributed by atoms with Gasteiger partial charge in [0, 0.05) is 18.0 Å². The highest BCUT2D eigenvalue weighted by molar-refractivity contribution is 6.16. The first kappa shape index (κ1) is 8.30. The van der Waals surface area contributed by atoms with Crippen LogP contribution in [-0.4, -0.2) is 14.2 Å². The molecule has 0 aliphatic carbocycles. The molecule has 0 fully saturated rings. The molecule has 1 atom stereocenters. The van der Waals surface area contributed by atoms with Crippen LogP contribution >= 0.6 is 11.8 Å². The lowest BCUT2D eigenvalue weighted by atomic mass is 10.3. The van der Waals surface area contributed by atoms with Gasteiger partial charge in [-0.2, -0.15) is 0 Å². The summed E-state index contributed by atoms with van der Waals surface area (Å²) >= 11 is 5.66. The highest BCUT2D eigenvalue weighted by atomic mass is 35.5. The number of halogens is 1. The first-order valence-electron chi connectivity index (χ1n) is 3.21. The van der Waals surface area contributed by atoms with Gasteiger partial charge in [-0.1, -0.05) is 6.58 Å². The van der Waals surface area contributed by atoms with E-state index in [0.717, 1.165) is 0 Å². The Morgan fingerprint density at radius 2 is 2.55 bits per heavy atom. The lowest BCUT2D eigenvalue weighted by Crippen LogP contribution is -1.89. The molecule has 0 saturated carbocycles. The molecule has 0 bridgehead atoms. The average Bonchev–Trinajstić information content (AvgIpc) is 2.31. The smallest absolute Gasteiger partial charge is 0.147 e. The van der Waals surface area contributed by atoms with Gasteiger partial charge in [0.1, 0.15) is 5.82 Å². The molecule has 0 saturated heterocycles. The second-order valence-corrected chi connectivity index (χ2v) is 2.58. The van der Waals surface area contributed by atoms with Crippen molar-refractivity contribution in [1.29, 1.82) is 0 Å². The average molecular weight is 173 g/mol. The molecular weight excluding hydrogens is 164 g/mol. The van der Waals surface area contributed by atoms with E-state index in [1.807, 2.05) is 0 Å². The fourth-order valence-corrected chi connectivity index (χ4v) is 0.932. The van der Waals surface area contributed by atoms with Gasteiger partial charge in [-0.05, 0) is 13.0 Å². The van der Waals surface area contributed by atoms with E-state index in [1.54, 1.807) is 13.1 Å². The van der Waals surface area contributed by atoms with Crippen molar-refractivity contribution in [3.8, 4) is 0 Å². The van der Waals surface area contributed by atoms with Crippen LogP contribution in [0.15, 0.2) is 12.8 Å². The Morgan fingerprint density at radius 3 is 2.82 bits per heavy atom. The molecule has 4 heteroatoms. The Bertz CT molecular complexity index is 267. The highest BCUT2D eigenvalue weighted by Gasteiger charge is 2.07. The fraction of sp³-hybridized carbons (Fsp3) is 0.286. The number of aliphatic hydroxyl groups is 1. The van der Waals surface area contributed by atoms with Crippen molar-refractivity contribution in [2.45, 2.75) is 13.0 Å². The van der Waals surface area contributed by atoms with Gasteiger partial charge in [-0.25, -0.2) is 9.07 Å². The van der Waals surface area contributed by atoms with Crippen LogP contribution in [0.5, 0.6) is 0 Å². The van der Waals surface area contributed by atoms with Gasteiger partial charge in [0.25, 0.3) is 0 Å². The second-order valence-electron chi connectivity index (χ2n) is 2.22. The van der Waals surface area contributed by atoms with Gasteiger partial charge in [-0.3, -0.25) is 0 Å².